The van der Waals surface area contributed by atoms with Crippen molar-refractivity contribution in [3.8, 4) is 0 Å². The predicted molar refractivity (Wildman–Crippen MR) is 110 cm³/mol. The quantitative estimate of drug-likeness (QED) is 0.584. The second-order valence-electron chi connectivity index (χ2n) is 6.80. The molecule has 0 spiro atoms. The van der Waals surface area contributed by atoms with E-state index in [4.69, 9.17) is 0 Å². The third kappa shape index (κ3) is 3.41. The number of nitrogens with one attached hydrogen (secondary N) is 3. The lowest BCUT2D eigenvalue weighted by Gasteiger charge is -2.23. The number of H-pyrrole nitrogens is 1. The summed E-state index contributed by atoms with van der Waals surface area (Å²) in [6, 6.07) is 14.0. The van der Waals surface area contributed by atoms with Gasteiger partial charge in [0.2, 0.25) is 0 Å². The largest absolute Gasteiger partial charge is 0.358 e. The standard InChI is InChI=1S/C21H22BrN3O/c1-2-23-15-7-9-19-17(11-15)18-12-16(8-10-20(18)25-19)24-21(26)13-3-5-14(22)6-4-13/h3-6,8,10,12,15,23,25H,2,7,9,11H2,1H3,(H,24,26). The van der Waals surface area contributed by atoms with Crippen molar-refractivity contribution in [2.75, 3.05) is 11.9 Å². The first kappa shape index (κ1) is 17.3. The van der Waals surface area contributed by atoms with Crippen LogP contribution in [-0.4, -0.2) is 23.5 Å². The highest BCUT2D eigenvalue weighted by molar-refractivity contribution is 9.10. The number of aromatic nitrogens is 1. The van der Waals surface area contributed by atoms with Crippen molar-refractivity contribution in [1.82, 2.24) is 10.3 Å². The van der Waals surface area contributed by atoms with E-state index in [1.807, 2.05) is 30.3 Å². The molecule has 1 aliphatic carbocycles. The summed E-state index contributed by atoms with van der Waals surface area (Å²) in [5, 5.41) is 7.80. The summed E-state index contributed by atoms with van der Waals surface area (Å²) in [5.41, 5.74) is 5.35. The van der Waals surface area contributed by atoms with Gasteiger partial charge in [-0.15, -0.1) is 0 Å². The van der Waals surface area contributed by atoms with Crippen molar-refractivity contribution in [2.45, 2.75) is 32.2 Å². The van der Waals surface area contributed by atoms with Crippen LogP contribution in [0.25, 0.3) is 10.9 Å². The fourth-order valence-corrected chi connectivity index (χ4v) is 4.03. The lowest BCUT2D eigenvalue weighted by atomic mass is 9.91. The predicted octanol–water partition coefficient (Wildman–Crippen LogP) is 4.65. The molecule has 3 aromatic rings. The summed E-state index contributed by atoms with van der Waals surface area (Å²) < 4.78 is 0.963. The first-order chi connectivity index (χ1) is 12.6. The van der Waals surface area contributed by atoms with Gasteiger partial charge in [-0.3, -0.25) is 4.79 Å². The molecule has 1 atom stereocenters. The Labute approximate surface area is 161 Å². The van der Waals surface area contributed by atoms with Crippen molar-refractivity contribution < 1.29 is 4.79 Å². The Balaban J connectivity index is 1.60. The Morgan fingerprint density at radius 1 is 1.23 bits per heavy atom. The molecule has 0 fully saturated rings. The van der Waals surface area contributed by atoms with Crippen LogP contribution in [0.15, 0.2) is 46.9 Å². The molecule has 134 valence electrons. The molecule has 26 heavy (non-hydrogen) atoms. The fourth-order valence-electron chi connectivity index (χ4n) is 3.76. The van der Waals surface area contributed by atoms with Gasteiger partial charge in [0, 0.05) is 38.4 Å². The van der Waals surface area contributed by atoms with Gasteiger partial charge in [-0.05, 0) is 73.8 Å². The van der Waals surface area contributed by atoms with E-state index in [0.717, 1.165) is 35.1 Å². The number of likely N-dealkylation sites (N-methyl/N-ethyl adjacent to an activating group) is 1. The van der Waals surface area contributed by atoms with Crippen LogP contribution < -0.4 is 10.6 Å². The smallest absolute Gasteiger partial charge is 0.255 e. The number of rotatable bonds is 4. The molecular formula is C21H22BrN3O. The summed E-state index contributed by atoms with van der Waals surface area (Å²) >= 11 is 3.39. The molecule has 1 amide bonds. The highest BCUT2D eigenvalue weighted by Crippen LogP contribution is 2.31. The Bertz CT molecular complexity index is 946. The molecule has 2 aromatic carbocycles. The summed E-state index contributed by atoms with van der Waals surface area (Å²) in [6.07, 6.45) is 3.27. The molecule has 5 heteroatoms. The summed E-state index contributed by atoms with van der Waals surface area (Å²) in [4.78, 5) is 16.0. The van der Waals surface area contributed by atoms with Crippen molar-refractivity contribution in [3.63, 3.8) is 0 Å². The number of amides is 1. The number of hydrogen-bond donors (Lipinski definition) is 3. The number of halogens is 1. The van der Waals surface area contributed by atoms with Gasteiger partial charge in [0.05, 0.1) is 0 Å². The molecule has 0 saturated carbocycles. The molecule has 1 unspecified atom stereocenters. The maximum Gasteiger partial charge on any atom is 0.255 e. The number of aryl methyl sites for hydroxylation is 1. The van der Waals surface area contributed by atoms with E-state index in [2.05, 4.69) is 50.6 Å². The van der Waals surface area contributed by atoms with Gasteiger partial charge >= 0.3 is 0 Å². The van der Waals surface area contributed by atoms with Crippen LogP contribution >= 0.6 is 15.9 Å². The van der Waals surface area contributed by atoms with Crippen molar-refractivity contribution in [3.05, 3.63) is 63.8 Å². The lowest BCUT2D eigenvalue weighted by molar-refractivity contribution is 0.102. The first-order valence-electron chi connectivity index (χ1n) is 9.08. The van der Waals surface area contributed by atoms with E-state index >= 15 is 0 Å². The van der Waals surface area contributed by atoms with Crippen molar-refractivity contribution >= 4 is 38.4 Å². The third-order valence-electron chi connectivity index (χ3n) is 5.04. The fraction of sp³-hybridized carbons (Fsp3) is 0.286. The van der Waals surface area contributed by atoms with E-state index in [1.54, 1.807) is 0 Å². The van der Waals surface area contributed by atoms with Gasteiger partial charge in [0.25, 0.3) is 5.91 Å². The van der Waals surface area contributed by atoms with Crippen LogP contribution in [0.5, 0.6) is 0 Å². The van der Waals surface area contributed by atoms with Gasteiger partial charge in [-0.2, -0.15) is 0 Å². The van der Waals surface area contributed by atoms with E-state index in [-0.39, 0.29) is 5.91 Å². The monoisotopic (exact) mass is 411 g/mol. The summed E-state index contributed by atoms with van der Waals surface area (Å²) in [6.45, 7) is 3.15. The second kappa shape index (κ2) is 7.25. The minimum absolute atomic E-state index is 0.0909. The normalized spacial score (nSPS) is 16.5. The summed E-state index contributed by atoms with van der Waals surface area (Å²) in [5.74, 6) is -0.0909. The molecule has 1 aliphatic rings. The zero-order valence-electron chi connectivity index (χ0n) is 14.7. The number of aromatic amines is 1. The molecule has 0 radical (unpaired) electrons. The van der Waals surface area contributed by atoms with Gasteiger partial charge in [0.15, 0.2) is 0 Å². The number of carbonyl (C=O) groups excluding carboxylic acids is 1. The third-order valence-corrected chi connectivity index (χ3v) is 5.57. The van der Waals surface area contributed by atoms with E-state index in [9.17, 15) is 4.79 Å². The average Bonchev–Trinajstić information content (AvgIpc) is 3.00. The highest BCUT2D eigenvalue weighted by Gasteiger charge is 2.22. The molecule has 0 aliphatic heterocycles. The molecule has 1 aromatic heterocycles. The maximum atomic E-state index is 12.5. The number of hydrogen-bond acceptors (Lipinski definition) is 2. The Morgan fingerprint density at radius 2 is 2.04 bits per heavy atom. The van der Waals surface area contributed by atoms with Crippen molar-refractivity contribution in [2.24, 2.45) is 0 Å². The molecule has 4 rings (SSSR count). The van der Waals surface area contributed by atoms with Crippen LogP contribution in [0.4, 0.5) is 5.69 Å². The molecule has 4 nitrogen and oxygen atoms in total. The lowest BCUT2D eigenvalue weighted by Crippen LogP contribution is -2.34. The van der Waals surface area contributed by atoms with Gasteiger partial charge in [0.1, 0.15) is 0 Å². The molecule has 3 N–H and O–H groups in total. The zero-order chi connectivity index (χ0) is 18.1. The second-order valence-corrected chi connectivity index (χ2v) is 7.72. The van der Waals surface area contributed by atoms with E-state index < -0.39 is 0 Å². The SMILES string of the molecule is CCNC1CCc2[nH]c3ccc(NC(=O)c4ccc(Br)cc4)cc3c2C1. The van der Waals surface area contributed by atoms with Gasteiger partial charge in [-0.1, -0.05) is 22.9 Å². The van der Waals surface area contributed by atoms with Gasteiger partial charge in [-0.25, -0.2) is 0 Å². The maximum absolute atomic E-state index is 12.5. The van der Waals surface area contributed by atoms with Crippen LogP contribution in [0, 0.1) is 0 Å². The summed E-state index contributed by atoms with van der Waals surface area (Å²) in [7, 11) is 0. The van der Waals surface area contributed by atoms with Crippen molar-refractivity contribution in [1.29, 1.82) is 0 Å². The molecule has 1 heterocycles. The number of fused-ring (bicyclic) bond motifs is 3. The van der Waals surface area contributed by atoms with Crippen LogP contribution in [0.3, 0.4) is 0 Å². The Morgan fingerprint density at radius 3 is 2.81 bits per heavy atom. The van der Waals surface area contributed by atoms with Gasteiger partial charge < -0.3 is 15.6 Å². The zero-order valence-corrected chi connectivity index (χ0v) is 16.3. The Kier molecular flexibility index (Phi) is 4.83. The van der Waals surface area contributed by atoms with E-state index in [0.29, 0.717) is 11.6 Å². The number of anilines is 1. The van der Waals surface area contributed by atoms with Crippen LogP contribution in [0.2, 0.25) is 0 Å². The average molecular weight is 412 g/mol. The minimum Gasteiger partial charge on any atom is -0.358 e. The van der Waals surface area contributed by atoms with Crippen LogP contribution in [-0.2, 0) is 12.8 Å². The highest BCUT2D eigenvalue weighted by atomic mass is 79.9. The number of carbonyl (C=O) groups is 1. The Hall–Kier alpha value is -2.11. The van der Waals surface area contributed by atoms with E-state index in [1.165, 1.54) is 23.1 Å². The molecule has 0 bridgehead atoms. The molecular weight excluding hydrogens is 390 g/mol. The molecule has 0 saturated heterocycles. The number of benzene rings is 2. The topological polar surface area (TPSA) is 56.9 Å². The minimum atomic E-state index is -0.0909. The van der Waals surface area contributed by atoms with Crippen LogP contribution in [0.1, 0.15) is 35.0 Å². The first-order valence-corrected chi connectivity index (χ1v) is 9.87.